The molecule has 58 valence electrons. The molecule has 11 heavy (non-hydrogen) atoms. The molecule has 1 N–H and O–H groups in total. The summed E-state index contributed by atoms with van der Waals surface area (Å²) in [5.41, 5.74) is -0.499. The zero-order valence-electron chi connectivity index (χ0n) is 5.86. The van der Waals surface area contributed by atoms with E-state index in [1.165, 1.54) is 0 Å². The van der Waals surface area contributed by atoms with Gasteiger partial charge in [-0.1, -0.05) is 18.2 Å². The summed E-state index contributed by atoms with van der Waals surface area (Å²) in [5, 5.41) is 8.52. The molecule has 1 fully saturated rings. The third-order valence-electron chi connectivity index (χ3n) is 1.97. The average molecular weight is 152 g/mol. The third kappa shape index (κ3) is 0.973. The molecular weight excluding hydrogens is 144 g/mol. The molecule has 0 aromatic rings. The molecule has 1 aliphatic carbocycles. The van der Waals surface area contributed by atoms with Gasteiger partial charge in [0.05, 0.1) is 6.42 Å². The van der Waals surface area contributed by atoms with Crippen molar-refractivity contribution in [3.63, 3.8) is 0 Å². The summed E-state index contributed by atoms with van der Waals surface area (Å²) >= 11 is 0. The lowest BCUT2D eigenvalue weighted by Gasteiger charge is -2.03. The van der Waals surface area contributed by atoms with Gasteiger partial charge in [0.25, 0.3) is 0 Å². The van der Waals surface area contributed by atoms with E-state index < -0.39 is 11.6 Å². The summed E-state index contributed by atoms with van der Waals surface area (Å²) in [6.07, 6.45) is 7.46. The molecule has 0 amide bonds. The molecule has 2 rings (SSSR count). The van der Waals surface area contributed by atoms with E-state index in [-0.39, 0.29) is 12.5 Å². The van der Waals surface area contributed by atoms with Gasteiger partial charge >= 0.3 is 5.97 Å². The van der Waals surface area contributed by atoms with Gasteiger partial charge in [-0.05, 0) is 6.08 Å². The van der Waals surface area contributed by atoms with Gasteiger partial charge in [-0.3, -0.25) is 4.79 Å². The second-order valence-electron chi connectivity index (χ2n) is 2.81. The van der Waals surface area contributed by atoms with E-state index in [1.807, 2.05) is 24.3 Å². The quantitative estimate of drug-likeness (QED) is 0.593. The number of hydrogen-bond acceptors (Lipinski definition) is 2. The summed E-state index contributed by atoms with van der Waals surface area (Å²) in [5.74, 6) is -0.813. The molecule has 2 unspecified atom stereocenters. The first-order valence-electron chi connectivity index (χ1n) is 3.49. The van der Waals surface area contributed by atoms with Crippen molar-refractivity contribution >= 4 is 5.97 Å². The highest BCUT2D eigenvalue weighted by atomic mass is 16.6. The molecule has 0 aromatic carbocycles. The molecule has 1 saturated heterocycles. The van der Waals surface area contributed by atoms with Crippen LogP contribution in [-0.4, -0.2) is 22.8 Å². The monoisotopic (exact) mass is 152 g/mol. The Hall–Kier alpha value is -1.09. The first-order chi connectivity index (χ1) is 5.23. The fraction of sp³-hybridized carbons (Fsp3) is 0.375. The van der Waals surface area contributed by atoms with Crippen molar-refractivity contribution in [1.82, 2.24) is 0 Å². The highest BCUT2D eigenvalue weighted by molar-refractivity contribution is 5.70. The molecular formula is C8H8O3. The Labute approximate surface area is 64.0 Å². The van der Waals surface area contributed by atoms with E-state index in [4.69, 9.17) is 9.84 Å². The summed E-state index contributed by atoms with van der Waals surface area (Å²) in [4.78, 5) is 10.4. The molecule has 1 heterocycles. The zero-order chi connectivity index (χ0) is 7.90. The number of hydrogen-bond donors (Lipinski definition) is 1. The van der Waals surface area contributed by atoms with Crippen LogP contribution in [0.5, 0.6) is 0 Å². The number of rotatable bonds is 2. The highest BCUT2D eigenvalue weighted by Gasteiger charge is 2.55. The molecule has 2 atom stereocenters. The Morgan fingerprint density at radius 2 is 2.45 bits per heavy atom. The number of fused-ring (bicyclic) bond motifs is 1. The standard InChI is InChI=1S/C8H8O3/c9-7(10)5-8-4-2-1-3-6(8)11-8/h1-4,6H,5H2,(H,9,10). The Morgan fingerprint density at radius 1 is 1.64 bits per heavy atom. The first-order valence-corrected chi connectivity index (χ1v) is 3.49. The van der Waals surface area contributed by atoms with Gasteiger partial charge in [0.1, 0.15) is 11.7 Å². The summed E-state index contributed by atoms with van der Waals surface area (Å²) in [7, 11) is 0. The topological polar surface area (TPSA) is 49.8 Å². The van der Waals surface area contributed by atoms with Gasteiger partial charge < -0.3 is 9.84 Å². The molecule has 2 aliphatic rings. The van der Waals surface area contributed by atoms with E-state index in [0.29, 0.717) is 0 Å². The van der Waals surface area contributed by atoms with Crippen molar-refractivity contribution < 1.29 is 14.6 Å². The number of epoxide rings is 1. The van der Waals surface area contributed by atoms with Crippen LogP contribution in [0.4, 0.5) is 0 Å². The first kappa shape index (κ1) is 6.61. The van der Waals surface area contributed by atoms with Gasteiger partial charge in [-0.15, -0.1) is 0 Å². The third-order valence-corrected chi connectivity index (χ3v) is 1.97. The van der Waals surface area contributed by atoms with Gasteiger partial charge in [-0.25, -0.2) is 0 Å². The fourth-order valence-electron chi connectivity index (χ4n) is 1.36. The lowest BCUT2D eigenvalue weighted by Crippen LogP contribution is -2.17. The van der Waals surface area contributed by atoms with Crippen LogP contribution in [-0.2, 0) is 9.53 Å². The molecule has 0 aromatic heterocycles. The lowest BCUT2D eigenvalue weighted by molar-refractivity contribution is -0.137. The van der Waals surface area contributed by atoms with Crippen LogP contribution in [0.1, 0.15) is 6.42 Å². The normalized spacial score (nSPS) is 38.4. The van der Waals surface area contributed by atoms with Crippen molar-refractivity contribution in [2.75, 3.05) is 0 Å². The highest BCUT2D eigenvalue weighted by Crippen LogP contribution is 2.43. The number of aliphatic carboxylic acids is 1. The van der Waals surface area contributed by atoms with E-state index in [1.54, 1.807) is 0 Å². The molecule has 0 bridgehead atoms. The van der Waals surface area contributed by atoms with Crippen molar-refractivity contribution in [2.24, 2.45) is 0 Å². The second-order valence-corrected chi connectivity index (χ2v) is 2.81. The van der Waals surface area contributed by atoms with Crippen molar-refractivity contribution in [3.8, 4) is 0 Å². The Balaban J connectivity index is 2.10. The van der Waals surface area contributed by atoms with E-state index >= 15 is 0 Å². The Bertz CT molecular complexity index is 254. The number of carboxylic acid groups (broad SMARTS) is 1. The van der Waals surface area contributed by atoms with Gasteiger partial charge in [0.2, 0.25) is 0 Å². The Kier molecular flexibility index (Phi) is 1.17. The molecule has 0 spiro atoms. The van der Waals surface area contributed by atoms with Gasteiger partial charge in [-0.2, -0.15) is 0 Å². The van der Waals surface area contributed by atoms with Crippen molar-refractivity contribution in [2.45, 2.75) is 18.1 Å². The van der Waals surface area contributed by atoms with Crippen molar-refractivity contribution in [3.05, 3.63) is 24.3 Å². The summed E-state index contributed by atoms with van der Waals surface area (Å²) < 4.78 is 5.22. The number of allylic oxidation sites excluding steroid dienone is 2. The number of carboxylic acids is 1. The van der Waals surface area contributed by atoms with Gasteiger partial charge in [0, 0.05) is 0 Å². The van der Waals surface area contributed by atoms with Crippen LogP contribution in [0.15, 0.2) is 24.3 Å². The van der Waals surface area contributed by atoms with Crippen LogP contribution in [0.25, 0.3) is 0 Å². The number of carbonyl (C=O) groups is 1. The second kappa shape index (κ2) is 1.95. The summed E-state index contributed by atoms with van der Waals surface area (Å²) in [6.45, 7) is 0. The molecule has 0 radical (unpaired) electrons. The SMILES string of the molecule is O=C(O)CC12C=CC=CC1O2. The molecule has 3 heteroatoms. The maximum atomic E-state index is 10.4. The Morgan fingerprint density at radius 3 is 3.09 bits per heavy atom. The zero-order valence-corrected chi connectivity index (χ0v) is 5.86. The van der Waals surface area contributed by atoms with Crippen LogP contribution in [0.3, 0.4) is 0 Å². The average Bonchev–Trinajstić information content (AvgIpc) is 2.59. The van der Waals surface area contributed by atoms with E-state index in [0.717, 1.165) is 0 Å². The summed E-state index contributed by atoms with van der Waals surface area (Å²) in [6, 6.07) is 0. The minimum atomic E-state index is -0.813. The van der Waals surface area contributed by atoms with E-state index in [2.05, 4.69) is 0 Å². The molecule has 0 saturated carbocycles. The van der Waals surface area contributed by atoms with E-state index in [9.17, 15) is 4.79 Å². The van der Waals surface area contributed by atoms with Gasteiger partial charge in [0.15, 0.2) is 0 Å². The minimum absolute atomic E-state index is 0.00333. The van der Waals surface area contributed by atoms with Crippen molar-refractivity contribution in [1.29, 1.82) is 0 Å². The molecule has 3 nitrogen and oxygen atoms in total. The lowest BCUT2D eigenvalue weighted by atomic mass is 9.97. The number of ether oxygens (including phenoxy) is 1. The predicted molar refractivity (Wildman–Crippen MR) is 38.1 cm³/mol. The predicted octanol–water partition coefficient (Wildman–Crippen LogP) is 0.725. The maximum Gasteiger partial charge on any atom is 0.306 e. The smallest absolute Gasteiger partial charge is 0.306 e. The molecule has 1 aliphatic heterocycles. The largest absolute Gasteiger partial charge is 0.481 e. The van der Waals surface area contributed by atoms with Crippen LogP contribution in [0.2, 0.25) is 0 Å². The maximum absolute atomic E-state index is 10.4. The minimum Gasteiger partial charge on any atom is -0.481 e. The van der Waals surface area contributed by atoms with Crippen LogP contribution >= 0.6 is 0 Å². The van der Waals surface area contributed by atoms with Crippen LogP contribution < -0.4 is 0 Å². The fourth-order valence-corrected chi connectivity index (χ4v) is 1.36. The van der Waals surface area contributed by atoms with Crippen LogP contribution in [0, 0.1) is 0 Å².